The Balaban J connectivity index is 2.02. The van der Waals surface area contributed by atoms with Crippen LogP contribution in [0.2, 0.25) is 0 Å². The van der Waals surface area contributed by atoms with E-state index in [1.54, 1.807) is 13.8 Å². The first-order valence-electron chi connectivity index (χ1n) is 7.62. The van der Waals surface area contributed by atoms with E-state index in [1.807, 2.05) is 9.80 Å². The van der Waals surface area contributed by atoms with Crippen LogP contribution in [0.5, 0.6) is 0 Å². The summed E-state index contributed by atoms with van der Waals surface area (Å²) in [5.41, 5.74) is -0.894. The summed E-state index contributed by atoms with van der Waals surface area (Å²) in [4.78, 5) is 28.9. The standard InChI is InChI=1S/C15H26N2O2/c1-15(2,13(18)16-9-5-3-6-10-16)14(19)17-11-7-4-8-12-17/h3-12H2,1-2H3. The van der Waals surface area contributed by atoms with Crippen molar-refractivity contribution in [3.8, 4) is 0 Å². The molecule has 2 rings (SSSR count). The Bertz CT molecular complexity index is 308. The first-order chi connectivity index (χ1) is 9.03. The molecule has 2 amide bonds. The summed E-state index contributed by atoms with van der Waals surface area (Å²) in [5, 5.41) is 0. The van der Waals surface area contributed by atoms with Gasteiger partial charge in [-0.2, -0.15) is 0 Å². The average Bonchev–Trinajstić information content (AvgIpc) is 2.47. The van der Waals surface area contributed by atoms with Crippen molar-refractivity contribution in [3.05, 3.63) is 0 Å². The molecular formula is C15H26N2O2. The van der Waals surface area contributed by atoms with Gasteiger partial charge < -0.3 is 9.80 Å². The number of amides is 2. The molecule has 0 bridgehead atoms. The molecule has 0 aliphatic carbocycles. The van der Waals surface area contributed by atoms with Gasteiger partial charge in [-0.05, 0) is 52.4 Å². The van der Waals surface area contributed by atoms with Crippen LogP contribution >= 0.6 is 0 Å². The second-order valence-corrected chi connectivity index (χ2v) is 6.33. The molecule has 2 aliphatic heterocycles. The van der Waals surface area contributed by atoms with Crippen LogP contribution in [0.15, 0.2) is 0 Å². The van der Waals surface area contributed by atoms with E-state index in [0.29, 0.717) is 0 Å². The molecule has 0 aromatic heterocycles. The van der Waals surface area contributed by atoms with E-state index in [1.165, 1.54) is 12.8 Å². The molecule has 2 fully saturated rings. The summed E-state index contributed by atoms with van der Waals surface area (Å²) < 4.78 is 0. The third kappa shape index (κ3) is 3.10. The largest absolute Gasteiger partial charge is 0.342 e. The van der Waals surface area contributed by atoms with Gasteiger partial charge in [0.05, 0.1) is 0 Å². The van der Waals surface area contributed by atoms with Gasteiger partial charge in [-0.1, -0.05) is 0 Å². The van der Waals surface area contributed by atoms with Gasteiger partial charge in [-0.15, -0.1) is 0 Å². The fourth-order valence-corrected chi connectivity index (χ4v) is 3.08. The maximum atomic E-state index is 12.6. The average molecular weight is 266 g/mol. The highest BCUT2D eigenvalue weighted by atomic mass is 16.2. The van der Waals surface area contributed by atoms with Gasteiger partial charge >= 0.3 is 0 Å². The molecule has 0 saturated carbocycles. The van der Waals surface area contributed by atoms with Crippen molar-refractivity contribution in [1.29, 1.82) is 0 Å². The van der Waals surface area contributed by atoms with Gasteiger partial charge in [0.2, 0.25) is 11.8 Å². The van der Waals surface area contributed by atoms with E-state index < -0.39 is 5.41 Å². The lowest BCUT2D eigenvalue weighted by Crippen LogP contribution is -2.52. The monoisotopic (exact) mass is 266 g/mol. The fourth-order valence-electron chi connectivity index (χ4n) is 3.08. The molecule has 0 unspecified atom stereocenters. The Morgan fingerprint density at radius 1 is 0.684 bits per heavy atom. The maximum absolute atomic E-state index is 12.6. The van der Waals surface area contributed by atoms with Gasteiger partial charge in [0, 0.05) is 26.2 Å². The molecule has 0 aromatic rings. The van der Waals surface area contributed by atoms with Crippen molar-refractivity contribution in [2.45, 2.75) is 52.4 Å². The van der Waals surface area contributed by atoms with Crippen LogP contribution < -0.4 is 0 Å². The molecule has 0 N–H and O–H groups in total. The van der Waals surface area contributed by atoms with Gasteiger partial charge in [-0.3, -0.25) is 9.59 Å². The van der Waals surface area contributed by atoms with E-state index in [4.69, 9.17) is 0 Å². The van der Waals surface area contributed by atoms with Crippen LogP contribution in [0.1, 0.15) is 52.4 Å². The van der Waals surface area contributed by atoms with Crippen LogP contribution in [0, 0.1) is 5.41 Å². The van der Waals surface area contributed by atoms with Crippen molar-refractivity contribution in [2.75, 3.05) is 26.2 Å². The summed E-state index contributed by atoms with van der Waals surface area (Å²) in [7, 11) is 0. The normalized spacial score (nSPS) is 21.4. The second kappa shape index (κ2) is 5.93. The van der Waals surface area contributed by atoms with E-state index in [9.17, 15) is 9.59 Å². The molecule has 19 heavy (non-hydrogen) atoms. The van der Waals surface area contributed by atoms with E-state index >= 15 is 0 Å². The molecule has 4 nitrogen and oxygen atoms in total. The van der Waals surface area contributed by atoms with Crippen LogP contribution in [-0.2, 0) is 9.59 Å². The van der Waals surface area contributed by atoms with Gasteiger partial charge in [0.1, 0.15) is 5.41 Å². The Morgan fingerprint density at radius 2 is 1.00 bits per heavy atom. The lowest BCUT2D eigenvalue weighted by molar-refractivity contribution is -0.155. The van der Waals surface area contributed by atoms with Crippen molar-refractivity contribution < 1.29 is 9.59 Å². The molecule has 0 radical (unpaired) electrons. The first-order valence-corrected chi connectivity index (χ1v) is 7.62. The topological polar surface area (TPSA) is 40.6 Å². The van der Waals surface area contributed by atoms with Gasteiger partial charge in [-0.25, -0.2) is 0 Å². The number of hydrogen-bond acceptors (Lipinski definition) is 2. The SMILES string of the molecule is CC(C)(C(=O)N1CCCCC1)C(=O)N1CCCCC1. The van der Waals surface area contributed by atoms with Gasteiger partial charge in [0.25, 0.3) is 0 Å². The van der Waals surface area contributed by atoms with Crippen LogP contribution in [0.25, 0.3) is 0 Å². The van der Waals surface area contributed by atoms with Gasteiger partial charge in [0.15, 0.2) is 0 Å². The molecule has 2 heterocycles. The maximum Gasteiger partial charge on any atom is 0.237 e. The van der Waals surface area contributed by atoms with E-state index in [-0.39, 0.29) is 11.8 Å². The molecule has 108 valence electrons. The van der Waals surface area contributed by atoms with E-state index in [0.717, 1.165) is 51.9 Å². The summed E-state index contributed by atoms with van der Waals surface area (Å²) in [6, 6.07) is 0. The summed E-state index contributed by atoms with van der Waals surface area (Å²) >= 11 is 0. The number of carbonyl (C=O) groups is 2. The summed E-state index contributed by atoms with van der Waals surface area (Å²) in [5.74, 6) is 0.0329. The summed E-state index contributed by atoms with van der Waals surface area (Å²) in [6.45, 7) is 6.85. The second-order valence-electron chi connectivity index (χ2n) is 6.33. The van der Waals surface area contributed by atoms with Crippen LogP contribution in [0.3, 0.4) is 0 Å². The Labute approximate surface area is 116 Å². The number of likely N-dealkylation sites (tertiary alicyclic amines) is 2. The highest BCUT2D eigenvalue weighted by molar-refractivity contribution is 6.04. The highest BCUT2D eigenvalue weighted by Gasteiger charge is 2.42. The summed E-state index contributed by atoms with van der Waals surface area (Å²) in [6.07, 6.45) is 6.67. The van der Waals surface area contributed by atoms with Crippen LogP contribution in [-0.4, -0.2) is 47.8 Å². The number of rotatable bonds is 2. The number of nitrogens with zero attached hydrogens (tertiary/aromatic N) is 2. The van der Waals surface area contributed by atoms with Crippen molar-refractivity contribution in [2.24, 2.45) is 5.41 Å². The molecular weight excluding hydrogens is 240 g/mol. The number of piperidine rings is 2. The molecule has 0 atom stereocenters. The Morgan fingerprint density at radius 3 is 1.32 bits per heavy atom. The molecule has 2 saturated heterocycles. The van der Waals surface area contributed by atoms with E-state index in [2.05, 4.69) is 0 Å². The number of hydrogen-bond donors (Lipinski definition) is 0. The van der Waals surface area contributed by atoms with Crippen molar-refractivity contribution in [3.63, 3.8) is 0 Å². The minimum Gasteiger partial charge on any atom is -0.342 e. The fraction of sp³-hybridized carbons (Fsp3) is 0.867. The Kier molecular flexibility index (Phi) is 4.48. The molecule has 0 aromatic carbocycles. The predicted octanol–water partition coefficient (Wildman–Crippen LogP) is 2.04. The first kappa shape index (κ1) is 14.4. The smallest absolute Gasteiger partial charge is 0.237 e. The quantitative estimate of drug-likeness (QED) is 0.718. The lowest BCUT2D eigenvalue weighted by atomic mass is 9.88. The molecule has 0 spiro atoms. The number of carbonyl (C=O) groups excluding carboxylic acids is 2. The molecule has 2 aliphatic rings. The Hall–Kier alpha value is -1.06. The minimum atomic E-state index is -0.894. The highest BCUT2D eigenvalue weighted by Crippen LogP contribution is 2.26. The van der Waals surface area contributed by atoms with Crippen LogP contribution in [0.4, 0.5) is 0 Å². The molecule has 4 heteroatoms. The zero-order valence-electron chi connectivity index (χ0n) is 12.3. The van der Waals surface area contributed by atoms with Crippen molar-refractivity contribution in [1.82, 2.24) is 9.80 Å². The minimum absolute atomic E-state index is 0.0165. The predicted molar refractivity (Wildman–Crippen MR) is 74.6 cm³/mol. The zero-order valence-corrected chi connectivity index (χ0v) is 12.3. The third-order valence-corrected chi connectivity index (χ3v) is 4.36. The lowest BCUT2D eigenvalue weighted by Gasteiger charge is -2.37. The zero-order chi connectivity index (χ0) is 13.9. The van der Waals surface area contributed by atoms with Crippen molar-refractivity contribution >= 4 is 11.8 Å². The third-order valence-electron chi connectivity index (χ3n) is 4.36.